The van der Waals surface area contributed by atoms with Crippen molar-refractivity contribution >= 4 is 17.5 Å². The number of carbonyl (C=O) groups excluding carboxylic acids is 1. The van der Waals surface area contributed by atoms with Crippen molar-refractivity contribution in [2.45, 2.75) is 25.2 Å². The van der Waals surface area contributed by atoms with Crippen molar-refractivity contribution in [2.24, 2.45) is 0 Å². The Balaban J connectivity index is 2.06. The molecule has 2 rings (SSSR count). The lowest BCUT2D eigenvalue weighted by molar-refractivity contribution is 0.102. The lowest BCUT2D eigenvalue weighted by Gasteiger charge is -2.25. The van der Waals surface area contributed by atoms with Crippen LogP contribution in [0, 0.1) is 0 Å². The maximum Gasteiger partial charge on any atom is 0.172 e. The van der Waals surface area contributed by atoms with E-state index < -0.39 is 0 Å². The molecule has 0 heterocycles. The second kappa shape index (κ2) is 4.84. The summed E-state index contributed by atoms with van der Waals surface area (Å²) in [6.45, 7) is 0. The van der Waals surface area contributed by atoms with E-state index in [0.717, 1.165) is 11.5 Å². The summed E-state index contributed by atoms with van der Waals surface area (Å²) in [6.07, 6.45) is 5.95. The molecule has 15 heavy (non-hydrogen) atoms. The van der Waals surface area contributed by atoms with Crippen molar-refractivity contribution < 1.29 is 4.79 Å². The van der Waals surface area contributed by atoms with Crippen LogP contribution in [0.3, 0.4) is 0 Å². The third-order valence-corrected chi connectivity index (χ3v) is 3.64. The number of rotatable bonds is 4. The Hall–Kier alpha value is -0.760. The molecule has 0 aliphatic heterocycles. The van der Waals surface area contributed by atoms with Crippen LogP contribution in [0.1, 0.15) is 41.1 Å². The van der Waals surface area contributed by atoms with E-state index in [1.165, 1.54) is 24.8 Å². The van der Waals surface area contributed by atoms with Crippen molar-refractivity contribution in [3.63, 3.8) is 0 Å². The highest BCUT2D eigenvalue weighted by molar-refractivity contribution is 7.99. The first-order chi connectivity index (χ1) is 7.31. The summed E-state index contributed by atoms with van der Waals surface area (Å²) in [4.78, 5) is 11.6. The maximum atomic E-state index is 11.6. The summed E-state index contributed by atoms with van der Waals surface area (Å²) in [5.41, 5.74) is 2.26. The zero-order chi connectivity index (χ0) is 10.7. The lowest BCUT2D eigenvalue weighted by Crippen LogP contribution is -2.09. The van der Waals surface area contributed by atoms with E-state index in [0.29, 0.717) is 5.75 Å². The van der Waals surface area contributed by atoms with Gasteiger partial charge < -0.3 is 0 Å². The number of hydrogen-bond acceptors (Lipinski definition) is 2. The van der Waals surface area contributed by atoms with Gasteiger partial charge in [0.25, 0.3) is 0 Å². The van der Waals surface area contributed by atoms with Crippen LogP contribution in [-0.2, 0) is 0 Å². The van der Waals surface area contributed by atoms with Gasteiger partial charge in [0, 0.05) is 5.56 Å². The van der Waals surface area contributed by atoms with Crippen LogP contribution in [0.25, 0.3) is 0 Å². The van der Waals surface area contributed by atoms with Crippen LogP contribution in [0.2, 0.25) is 0 Å². The molecule has 1 aromatic rings. The molecule has 1 fully saturated rings. The van der Waals surface area contributed by atoms with E-state index in [9.17, 15) is 4.79 Å². The van der Waals surface area contributed by atoms with E-state index in [1.807, 2.05) is 18.4 Å². The normalized spacial score (nSPS) is 16.1. The summed E-state index contributed by atoms with van der Waals surface area (Å²) >= 11 is 1.58. The summed E-state index contributed by atoms with van der Waals surface area (Å²) in [5, 5.41) is 0. The molecule has 1 aromatic carbocycles. The Labute approximate surface area is 95.3 Å². The molecule has 0 unspecified atom stereocenters. The van der Waals surface area contributed by atoms with Gasteiger partial charge in [-0.25, -0.2) is 0 Å². The first-order valence-corrected chi connectivity index (χ1v) is 6.82. The van der Waals surface area contributed by atoms with Gasteiger partial charge in [0.15, 0.2) is 5.78 Å². The number of ketones is 1. The van der Waals surface area contributed by atoms with Crippen LogP contribution >= 0.6 is 11.8 Å². The van der Waals surface area contributed by atoms with Gasteiger partial charge in [-0.3, -0.25) is 4.79 Å². The maximum absolute atomic E-state index is 11.6. The van der Waals surface area contributed by atoms with Gasteiger partial charge >= 0.3 is 0 Å². The molecule has 2 heteroatoms. The van der Waals surface area contributed by atoms with Crippen molar-refractivity contribution in [1.82, 2.24) is 0 Å². The fourth-order valence-electron chi connectivity index (χ4n) is 1.90. The molecule has 0 saturated heterocycles. The molecule has 0 N–H and O–H groups in total. The largest absolute Gasteiger partial charge is 0.293 e. The molecular formula is C13H16OS. The van der Waals surface area contributed by atoms with Crippen molar-refractivity contribution in [3.8, 4) is 0 Å². The van der Waals surface area contributed by atoms with Crippen LogP contribution in [0.4, 0.5) is 0 Å². The van der Waals surface area contributed by atoms with E-state index in [-0.39, 0.29) is 5.78 Å². The zero-order valence-corrected chi connectivity index (χ0v) is 9.85. The number of Topliss-reactive ketones (excluding diaryl/α,β-unsaturated/α-hetero) is 1. The average molecular weight is 220 g/mol. The van der Waals surface area contributed by atoms with Gasteiger partial charge in [-0.05, 0) is 30.6 Å². The topological polar surface area (TPSA) is 17.1 Å². The van der Waals surface area contributed by atoms with Crippen LogP contribution in [0.5, 0.6) is 0 Å². The van der Waals surface area contributed by atoms with Gasteiger partial charge in [0.2, 0.25) is 0 Å². The molecule has 0 radical (unpaired) electrons. The molecular weight excluding hydrogens is 204 g/mol. The molecule has 0 spiro atoms. The third-order valence-electron chi connectivity index (χ3n) is 3.08. The molecule has 1 aliphatic rings. The van der Waals surface area contributed by atoms with Crippen molar-refractivity contribution in [1.29, 1.82) is 0 Å². The second-order valence-electron chi connectivity index (χ2n) is 4.11. The quantitative estimate of drug-likeness (QED) is 0.722. The fourth-order valence-corrected chi connectivity index (χ4v) is 2.33. The molecule has 80 valence electrons. The first kappa shape index (κ1) is 10.7. The van der Waals surface area contributed by atoms with E-state index in [2.05, 4.69) is 12.1 Å². The van der Waals surface area contributed by atoms with Crippen LogP contribution < -0.4 is 0 Å². The SMILES string of the molecule is CSCC(=O)c1ccc(C2CCC2)cc1. The Morgan fingerprint density at radius 2 is 2.00 bits per heavy atom. The van der Waals surface area contributed by atoms with Crippen molar-refractivity contribution in [2.75, 3.05) is 12.0 Å². The Morgan fingerprint density at radius 1 is 1.33 bits per heavy atom. The predicted octanol–water partition coefficient (Wildman–Crippen LogP) is 3.50. The molecule has 0 bridgehead atoms. The summed E-state index contributed by atoms with van der Waals surface area (Å²) in [6, 6.07) is 8.20. The third kappa shape index (κ3) is 2.43. The Bertz CT molecular complexity index is 338. The Kier molecular flexibility index (Phi) is 3.47. The molecule has 0 amide bonds. The molecule has 1 aliphatic carbocycles. The second-order valence-corrected chi connectivity index (χ2v) is 4.97. The number of benzene rings is 1. The van der Waals surface area contributed by atoms with Gasteiger partial charge in [0.05, 0.1) is 5.75 Å². The molecule has 1 saturated carbocycles. The highest BCUT2D eigenvalue weighted by atomic mass is 32.2. The molecule has 0 atom stereocenters. The smallest absolute Gasteiger partial charge is 0.172 e. The van der Waals surface area contributed by atoms with Crippen molar-refractivity contribution in [3.05, 3.63) is 35.4 Å². The highest BCUT2D eigenvalue weighted by Gasteiger charge is 2.19. The standard InChI is InChI=1S/C13H16OS/c1-15-9-13(14)12-7-5-11(6-8-12)10-3-2-4-10/h5-8,10H,2-4,9H2,1H3. The minimum atomic E-state index is 0.239. The zero-order valence-electron chi connectivity index (χ0n) is 9.03. The number of thioether (sulfide) groups is 1. The lowest BCUT2D eigenvalue weighted by atomic mass is 9.80. The minimum Gasteiger partial charge on any atom is -0.293 e. The van der Waals surface area contributed by atoms with Crippen LogP contribution in [0.15, 0.2) is 24.3 Å². The first-order valence-electron chi connectivity index (χ1n) is 5.43. The van der Waals surface area contributed by atoms with Crippen LogP contribution in [-0.4, -0.2) is 17.8 Å². The summed E-state index contributed by atoms with van der Waals surface area (Å²) in [5.74, 6) is 1.58. The van der Waals surface area contributed by atoms with Gasteiger partial charge in [-0.1, -0.05) is 30.7 Å². The van der Waals surface area contributed by atoms with Gasteiger partial charge in [0.1, 0.15) is 0 Å². The minimum absolute atomic E-state index is 0.239. The average Bonchev–Trinajstić information content (AvgIpc) is 2.16. The van der Waals surface area contributed by atoms with E-state index >= 15 is 0 Å². The van der Waals surface area contributed by atoms with Gasteiger partial charge in [-0.2, -0.15) is 11.8 Å². The number of hydrogen-bond donors (Lipinski definition) is 0. The van der Waals surface area contributed by atoms with Gasteiger partial charge in [-0.15, -0.1) is 0 Å². The van der Waals surface area contributed by atoms with E-state index in [4.69, 9.17) is 0 Å². The predicted molar refractivity (Wildman–Crippen MR) is 65.7 cm³/mol. The monoisotopic (exact) mass is 220 g/mol. The highest BCUT2D eigenvalue weighted by Crippen LogP contribution is 2.36. The fraction of sp³-hybridized carbons (Fsp3) is 0.462. The summed E-state index contributed by atoms with van der Waals surface area (Å²) in [7, 11) is 0. The molecule has 0 aromatic heterocycles. The molecule has 1 nitrogen and oxygen atoms in total. The number of carbonyl (C=O) groups is 1. The van der Waals surface area contributed by atoms with E-state index in [1.54, 1.807) is 11.8 Å². The Morgan fingerprint density at radius 3 is 2.47 bits per heavy atom. The summed E-state index contributed by atoms with van der Waals surface area (Å²) < 4.78 is 0.